The molecule has 3 aromatic rings. The molecule has 2 aromatic heterocycles. The second-order valence-corrected chi connectivity index (χ2v) is 6.68. The number of nitrogens with zero attached hydrogens (tertiary/aromatic N) is 5. The number of nitrogens with one attached hydrogen (secondary N) is 1. The van der Waals surface area contributed by atoms with Crippen LogP contribution in [0.25, 0.3) is 5.69 Å². The van der Waals surface area contributed by atoms with E-state index < -0.39 is 23.2 Å². The van der Waals surface area contributed by atoms with Gasteiger partial charge in [0.25, 0.3) is 5.56 Å². The van der Waals surface area contributed by atoms with Crippen molar-refractivity contribution in [2.75, 3.05) is 11.1 Å². The van der Waals surface area contributed by atoms with Crippen molar-refractivity contribution in [2.45, 2.75) is 24.8 Å². The minimum atomic E-state index is -4.57. The molecule has 1 aromatic carbocycles. The standard InChI is InChI=1S/C17H15F3N6O2S/c1-2-25-6-5-14(27)24-16(25)29-8-15(28)23-12-7-11(17(18,19)20)3-4-13(12)26-10-21-9-22-26/h3-7,9-10H,2,8H2,1H3,(H,23,28). The maximum Gasteiger partial charge on any atom is 0.416 e. The molecule has 0 unspecified atom stereocenters. The molecule has 0 spiro atoms. The molecule has 0 radical (unpaired) electrons. The summed E-state index contributed by atoms with van der Waals surface area (Å²) >= 11 is 1.01. The zero-order chi connectivity index (χ0) is 21.0. The van der Waals surface area contributed by atoms with E-state index in [1.165, 1.54) is 29.5 Å². The number of aromatic nitrogens is 5. The summed E-state index contributed by atoms with van der Waals surface area (Å²) in [5.74, 6) is -0.708. The van der Waals surface area contributed by atoms with Gasteiger partial charge in [-0.25, -0.2) is 9.67 Å². The van der Waals surface area contributed by atoms with Crippen LogP contribution < -0.4 is 10.9 Å². The lowest BCUT2D eigenvalue weighted by Gasteiger charge is -2.14. The average molecular weight is 424 g/mol. The van der Waals surface area contributed by atoms with E-state index in [4.69, 9.17) is 0 Å². The van der Waals surface area contributed by atoms with Crippen molar-refractivity contribution in [2.24, 2.45) is 0 Å². The van der Waals surface area contributed by atoms with Crippen LogP contribution in [0.5, 0.6) is 0 Å². The van der Waals surface area contributed by atoms with Crippen LogP contribution in [0.1, 0.15) is 12.5 Å². The number of carbonyl (C=O) groups excluding carboxylic acids is 1. The van der Waals surface area contributed by atoms with Gasteiger partial charge in [-0.05, 0) is 25.1 Å². The molecule has 2 heterocycles. The summed E-state index contributed by atoms with van der Waals surface area (Å²) in [5.41, 5.74) is -1.18. The molecule has 0 aliphatic rings. The lowest BCUT2D eigenvalue weighted by atomic mass is 10.1. The number of aryl methyl sites for hydroxylation is 1. The van der Waals surface area contributed by atoms with Crippen molar-refractivity contribution in [1.29, 1.82) is 0 Å². The number of benzene rings is 1. The normalized spacial score (nSPS) is 11.4. The molecule has 29 heavy (non-hydrogen) atoms. The first kappa shape index (κ1) is 20.6. The summed E-state index contributed by atoms with van der Waals surface area (Å²) in [7, 11) is 0. The Morgan fingerprint density at radius 2 is 2.07 bits per heavy atom. The summed E-state index contributed by atoms with van der Waals surface area (Å²) in [6.45, 7) is 2.39. The number of anilines is 1. The summed E-state index contributed by atoms with van der Waals surface area (Å²) in [4.78, 5) is 31.4. The first-order valence-electron chi connectivity index (χ1n) is 8.34. The Bertz CT molecular complexity index is 1070. The van der Waals surface area contributed by atoms with Gasteiger partial charge in [-0.15, -0.1) is 0 Å². The quantitative estimate of drug-likeness (QED) is 0.483. The minimum Gasteiger partial charge on any atom is -0.328 e. The maximum absolute atomic E-state index is 13.1. The van der Waals surface area contributed by atoms with Gasteiger partial charge in [0, 0.05) is 18.8 Å². The monoisotopic (exact) mass is 424 g/mol. The van der Waals surface area contributed by atoms with Crippen molar-refractivity contribution in [1.82, 2.24) is 24.3 Å². The fourth-order valence-corrected chi connectivity index (χ4v) is 3.27. The summed E-state index contributed by atoms with van der Waals surface area (Å²) in [6.07, 6.45) is -0.476. The third-order valence-electron chi connectivity index (χ3n) is 3.79. The smallest absolute Gasteiger partial charge is 0.328 e. The first-order chi connectivity index (χ1) is 13.8. The Labute approximate surface area is 166 Å². The highest BCUT2D eigenvalue weighted by molar-refractivity contribution is 7.99. The van der Waals surface area contributed by atoms with E-state index in [2.05, 4.69) is 20.4 Å². The van der Waals surface area contributed by atoms with E-state index in [1.807, 2.05) is 6.92 Å². The molecule has 0 saturated heterocycles. The van der Waals surface area contributed by atoms with Crippen molar-refractivity contribution < 1.29 is 18.0 Å². The molecule has 0 atom stereocenters. The summed E-state index contributed by atoms with van der Waals surface area (Å²) < 4.78 is 42.2. The molecule has 0 fully saturated rings. The van der Waals surface area contributed by atoms with Crippen molar-refractivity contribution in [3.63, 3.8) is 0 Å². The van der Waals surface area contributed by atoms with Crippen molar-refractivity contribution in [3.05, 3.63) is 59.0 Å². The fraction of sp³-hybridized carbons (Fsp3) is 0.235. The van der Waals surface area contributed by atoms with E-state index >= 15 is 0 Å². The fourth-order valence-electron chi connectivity index (χ4n) is 2.43. The highest BCUT2D eigenvalue weighted by atomic mass is 32.2. The van der Waals surface area contributed by atoms with Crippen molar-refractivity contribution >= 4 is 23.4 Å². The maximum atomic E-state index is 13.1. The largest absolute Gasteiger partial charge is 0.416 e. The van der Waals surface area contributed by atoms with Gasteiger partial charge in [-0.3, -0.25) is 9.59 Å². The molecule has 0 aliphatic carbocycles. The highest BCUT2D eigenvalue weighted by Gasteiger charge is 2.31. The molecule has 8 nitrogen and oxygen atoms in total. The van der Waals surface area contributed by atoms with Crippen LogP contribution in [0.2, 0.25) is 0 Å². The van der Waals surface area contributed by atoms with Crippen LogP contribution in [0, 0.1) is 0 Å². The molecular weight excluding hydrogens is 409 g/mol. The van der Waals surface area contributed by atoms with E-state index in [9.17, 15) is 22.8 Å². The van der Waals surface area contributed by atoms with Crippen LogP contribution in [0.3, 0.4) is 0 Å². The van der Waals surface area contributed by atoms with E-state index in [-0.39, 0.29) is 17.1 Å². The third kappa shape index (κ3) is 5.02. The zero-order valence-corrected chi connectivity index (χ0v) is 15.9. The number of hydrogen-bond acceptors (Lipinski definition) is 6. The molecule has 12 heteroatoms. The van der Waals surface area contributed by atoms with Gasteiger partial charge in [0.15, 0.2) is 5.16 Å². The number of hydrogen-bond donors (Lipinski definition) is 1. The third-order valence-corrected chi connectivity index (χ3v) is 4.78. The number of halogens is 3. The SMILES string of the molecule is CCn1ccc(=O)nc1SCC(=O)Nc1cc(C(F)(F)F)ccc1-n1cncn1. The molecule has 152 valence electrons. The van der Waals surface area contributed by atoms with E-state index in [1.54, 1.807) is 10.8 Å². The molecule has 0 saturated carbocycles. The number of rotatable bonds is 6. The van der Waals surface area contributed by atoms with Crippen LogP contribution in [0.4, 0.5) is 18.9 Å². The van der Waals surface area contributed by atoms with Gasteiger partial charge >= 0.3 is 6.18 Å². The molecule has 1 N–H and O–H groups in total. The van der Waals surface area contributed by atoms with Crippen LogP contribution >= 0.6 is 11.8 Å². The number of alkyl halides is 3. The van der Waals surface area contributed by atoms with Gasteiger partial charge in [-0.2, -0.15) is 23.3 Å². The van der Waals surface area contributed by atoms with Crippen molar-refractivity contribution in [3.8, 4) is 5.69 Å². The molecule has 0 bridgehead atoms. The second kappa shape index (κ2) is 8.47. The van der Waals surface area contributed by atoms with Gasteiger partial charge < -0.3 is 9.88 Å². The summed E-state index contributed by atoms with van der Waals surface area (Å²) in [5, 5.41) is 6.71. The van der Waals surface area contributed by atoms with Gasteiger partial charge in [0.1, 0.15) is 12.7 Å². The Morgan fingerprint density at radius 3 is 2.72 bits per heavy atom. The number of amides is 1. The molecule has 1 amide bonds. The van der Waals surface area contributed by atoms with Crippen LogP contribution in [-0.2, 0) is 17.5 Å². The van der Waals surface area contributed by atoms with E-state index in [0.717, 1.165) is 23.9 Å². The van der Waals surface area contributed by atoms with Crippen LogP contribution in [-0.4, -0.2) is 36.0 Å². The Balaban J connectivity index is 1.82. The lowest BCUT2D eigenvalue weighted by molar-refractivity contribution is -0.137. The number of carbonyl (C=O) groups is 1. The lowest BCUT2D eigenvalue weighted by Crippen LogP contribution is -2.19. The Kier molecular flexibility index (Phi) is 6.01. The van der Waals surface area contributed by atoms with E-state index in [0.29, 0.717) is 11.7 Å². The predicted octanol–water partition coefficient (Wildman–Crippen LogP) is 2.59. The predicted molar refractivity (Wildman–Crippen MR) is 99.9 cm³/mol. The molecule has 0 aliphatic heterocycles. The van der Waals surface area contributed by atoms with Gasteiger partial charge in [0.05, 0.1) is 22.7 Å². The zero-order valence-electron chi connectivity index (χ0n) is 15.1. The number of thioether (sulfide) groups is 1. The van der Waals surface area contributed by atoms with Crippen LogP contribution in [0.15, 0.2) is 53.1 Å². The Morgan fingerprint density at radius 1 is 1.28 bits per heavy atom. The van der Waals surface area contributed by atoms with Gasteiger partial charge in [0.2, 0.25) is 5.91 Å². The first-order valence-corrected chi connectivity index (χ1v) is 9.33. The highest BCUT2D eigenvalue weighted by Crippen LogP contribution is 2.33. The second-order valence-electron chi connectivity index (χ2n) is 5.74. The minimum absolute atomic E-state index is 0.0650. The average Bonchev–Trinajstić information content (AvgIpc) is 3.20. The van der Waals surface area contributed by atoms with Gasteiger partial charge in [-0.1, -0.05) is 11.8 Å². The Hall–Kier alpha value is -3.15. The molecular formula is C17H15F3N6O2S. The molecule has 3 rings (SSSR count). The summed E-state index contributed by atoms with van der Waals surface area (Å²) in [6, 6.07) is 4.24. The topological polar surface area (TPSA) is 94.7 Å².